The predicted molar refractivity (Wildman–Crippen MR) is 105 cm³/mol. The van der Waals surface area contributed by atoms with E-state index in [0.717, 1.165) is 5.56 Å². The Bertz CT molecular complexity index is 887. The number of nitrogens with one attached hydrogen (secondary N) is 1. The fourth-order valence-corrected chi connectivity index (χ4v) is 3.13. The third-order valence-electron chi connectivity index (χ3n) is 3.99. The van der Waals surface area contributed by atoms with E-state index in [0.29, 0.717) is 19.5 Å². The monoisotopic (exact) mass is 376 g/mol. The van der Waals surface area contributed by atoms with Gasteiger partial charge in [0, 0.05) is 18.0 Å². The maximum absolute atomic E-state index is 12.6. The second-order valence-corrected chi connectivity index (χ2v) is 6.99. The number of aromatic nitrogens is 2. The van der Waals surface area contributed by atoms with Gasteiger partial charge in [0.05, 0.1) is 6.54 Å². The number of nitrogens with two attached hydrogens (primary N) is 1. The van der Waals surface area contributed by atoms with Crippen LogP contribution in [0.3, 0.4) is 0 Å². The van der Waals surface area contributed by atoms with Gasteiger partial charge in [0.15, 0.2) is 5.78 Å². The number of Topliss-reactive ketones (excluding diaryl/α,β-unsaturated/α-hetero) is 1. The van der Waals surface area contributed by atoms with Crippen molar-refractivity contribution in [2.24, 2.45) is 0 Å². The molecule has 0 radical (unpaired) electrons. The molecule has 1 heterocycles. The molecule has 2 rings (SSSR count). The largest absolute Gasteiger partial charge is 0.384 e. The maximum Gasteiger partial charge on any atom is 0.329 e. The van der Waals surface area contributed by atoms with Crippen molar-refractivity contribution < 1.29 is 4.79 Å². The molecule has 0 saturated heterocycles. The lowest BCUT2D eigenvalue weighted by atomic mass is 10.1. The number of carbonyl (C=O) groups excluding carboxylic acids is 1. The molecule has 1 aromatic carbocycles. The number of anilines is 1. The van der Waals surface area contributed by atoms with Crippen LogP contribution in [-0.4, -0.2) is 40.1 Å². The highest BCUT2D eigenvalue weighted by Gasteiger charge is 2.20. The molecular weight excluding hydrogens is 352 g/mol. The zero-order valence-electron chi connectivity index (χ0n) is 15.2. The second-order valence-electron chi connectivity index (χ2n) is 6.11. The number of hydrogen-bond acceptors (Lipinski definition) is 6. The Morgan fingerprint density at radius 3 is 2.50 bits per heavy atom. The molecule has 7 nitrogen and oxygen atoms in total. The van der Waals surface area contributed by atoms with Crippen molar-refractivity contribution in [1.29, 1.82) is 0 Å². The first-order valence-corrected chi connectivity index (χ1v) is 9.57. The Balaban J connectivity index is 2.17. The van der Waals surface area contributed by atoms with E-state index in [9.17, 15) is 14.4 Å². The van der Waals surface area contributed by atoms with Gasteiger partial charge < -0.3 is 5.73 Å². The molecule has 0 aliphatic rings. The molecule has 0 spiro atoms. The summed E-state index contributed by atoms with van der Waals surface area (Å²) in [4.78, 5) is 41.7. The first kappa shape index (κ1) is 20.0. The van der Waals surface area contributed by atoms with Crippen molar-refractivity contribution >= 4 is 23.4 Å². The minimum atomic E-state index is -0.734. The van der Waals surface area contributed by atoms with E-state index < -0.39 is 17.0 Å². The Morgan fingerprint density at radius 2 is 1.92 bits per heavy atom. The fourth-order valence-electron chi connectivity index (χ4n) is 2.73. The topological polar surface area (TPSA) is 101 Å². The molecule has 8 heteroatoms. The molecule has 140 valence electrons. The lowest BCUT2D eigenvalue weighted by Gasteiger charge is -2.17. The second kappa shape index (κ2) is 8.86. The molecule has 0 aliphatic carbocycles. The van der Waals surface area contributed by atoms with Gasteiger partial charge in [-0.05, 0) is 37.4 Å². The summed E-state index contributed by atoms with van der Waals surface area (Å²) in [6, 6.07) is 8.07. The van der Waals surface area contributed by atoms with Gasteiger partial charge in [0.1, 0.15) is 11.4 Å². The highest BCUT2D eigenvalue weighted by Crippen LogP contribution is 2.16. The molecule has 0 amide bonds. The van der Waals surface area contributed by atoms with Gasteiger partial charge in [-0.25, -0.2) is 4.79 Å². The normalized spacial score (nSPS) is 11.1. The molecule has 2 aromatic rings. The SMILES string of the molecule is CCCn1c(N)c(C(=O)CN(C)Cc2ccc(SC)cc2)c(=O)[nH]c1=O. The summed E-state index contributed by atoms with van der Waals surface area (Å²) in [7, 11) is 1.80. The zero-order chi connectivity index (χ0) is 19.3. The number of nitrogens with zero attached hydrogens (tertiary/aromatic N) is 2. The number of hydrogen-bond donors (Lipinski definition) is 2. The average Bonchev–Trinajstić information content (AvgIpc) is 2.59. The van der Waals surface area contributed by atoms with Crippen molar-refractivity contribution in [3.8, 4) is 0 Å². The van der Waals surface area contributed by atoms with Crippen molar-refractivity contribution in [2.45, 2.75) is 31.3 Å². The zero-order valence-corrected chi connectivity index (χ0v) is 16.1. The lowest BCUT2D eigenvalue weighted by Crippen LogP contribution is -2.38. The van der Waals surface area contributed by atoms with Crippen LogP contribution in [0.5, 0.6) is 0 Å². The van der Waals surface area contributed by atoms with Crippen LogP contribution in [-0.2, 0) is 13.1 Å². The van der Waals surface area contributed by atoms with E-state index in [1.165, 1.54) is 9.46 Å². The Labute approximate surface area is 156 Å². The van der Waals surface area contributed by atoms with Crippen LogP contribution >= 0.6 is 11.8 Å². The Kier molecular flexibility index (Phi) is 6.82. The molecule has 0 unspecified atom stereocenters. The number of thioether (sulfide) groups is 1. The van der Waals surface area contributed by atoms with Crippen LogP contribution in [0.15, 0.2) is 38.8 Å². The van der Waals surface area contributed by atoms with E-state index in [1.54, 1.807) is 18.8 Å². The quantitative estimate of drug-likeness (QED) is 0.536. The standard InChI is InChI=1S/C18H24N4O3S/c1-4-9-22-16(19)15(17(24)20-18(22)25)14(23)11-21(2)10-12-5-7-13(26-3)8-6-12/h5-8H,4,9-11,19H2,1-3H3,(H,20,24,25). The van der Waals surface area contributed by atoms with Crippen molar-refractivity contribution in [2.75, 3.05) is 25.6 Å². The van der Waals surface area contributed by atoms with Crippen LogP contribution in [0, 0.1) is 0 Å². The molecule has 0 saturated carbocycles. The van der Waals surface area contributed by atoms with Gasteiger partial charge in [-0.15, -0.1) is 11.8 Å². The number of rotatable bonds is 8. The molecule has 0 bridgehead atoms. The van der Waals surface area contributed by atoms with Gasteiger partial charge in [-0.1, -0.05) is 19.1 Å². The third kappa shape index (κ3) is 4.64. The number of nitrogen functional groups attached to an aromatic ring is 1. The van der Waals surface area contributed by atoms with E-state index >= 15 is 0 Å². The lowest BCUT2D eigenvalue weighted by molar-refractivity contribution is 0.0941. The summed E-state index contributed by atoms with van der Waals surface area (Å²) in [5.74, 6) is -0.472. The molecule has 0 atom stereocenters. The maximum atomic E-state index is 12.6. The highest BCUT2D eigenvalue weighted by molar-refractivity contribution is 7.98. The van der Waals surface area contributed by atoms with Gasteiger partial charge in [-0.2, -0.15) is 0 Å². The van der Waals surface area contributed by atoms with Crippen molar-refractivity contribution in [3.63, 3.8) is 0 Å². The van der Waals surface area contributed by atoms with Crippen LogP contribution in [0.25, 0.3) is 0 Å². The van der Waals surface area contributed by atoms with Crippen molar-refractivity contribution in [3.05, 3.63) is 56.2 Å². The Morgan fingerprint density at radius 1 is 1.27 bits per heavy atom. The molecule has 0 aliphatic heterocycles. The first-order valence-electron chi connectivity index (χ1n) is 8.34. The summed E-state index contributed by atoms with van der Waals surface area (Å²) >= 11 is 1.67. The number of benzene rings is 1. The number of ketones is 1. The summed E-state index contributed by atoms with van der Waals surface area (Å²) < 4.78 is 1.23. The fraction of sp³-hybridized carbons (Fsp3) is 0.389. The van der Waals surface area contributed by atoms with Gasteiger partial charge >= 0.3 is 5.69 Å². The average molecular weight is 376 g/mol. The van der Waals surface area contributed by atoms with Gasteiger partial charge in [0.25, 0.3) is 5.56 Å². The minimum absolute atomic E-state index is 0.0297. The molecule has 0 fully saturated rings. The Hall–Kier alpha value is -2.32. The van der Waals surface area contributed by atoms with Gasteiger partial charge in [-0.3, -0.25) is 24.0 Å². The van der Waals surface area contributed by atoms with E-state index in [-0.39, 0.29) is 17.9 Å². The molecule has 3 N–H and O–H groups in total. The van der Waals surface area contributed by atoms with Gasteiger partial charge in [0.2, 0.25) is 0 Å². The van der Waals surface area contributed by atoms with E-state index in [2.05, 4.69) is 4.98 Å². The number of carbonyl (C=O) groups is 1. The van der Waals surface area contributed by atoms with Crippen LogP contribution in [0.4, 0.5) is 5.82 Å². The molecular formula is C18H24N4O3S. The van der Waals surface area contributed by atoms with Crippen LogP contribution < -0.4 is 17.0 Å². The van der Waals surface area contributed by atoms with Crippen molar-refractivity contribution in [1.82, 2.24) is 14.5 Å². The number of H-pyrrole nitrogens is 1. The third-order valence-corrected chi connectivity index (χ3v) is 4.73. The van der Waals surface area contributed by atoms with E-state index in [1.807, 2.05) is 42.3 Å². The van der Waals surface area contributed by atoms with E-state index in [4.69, 9.17) is 5.73 Å². The summed E-state index contributed by atoms with van der Waals surface area (Å²) in [5.41, 5.74) is 5.53. The first-order chi connectivity index (χ1) is 12.4. The highest BCUT2D eigenvalue weighted by atomic mass is 32.2. The van der Waals surface area contributed by atoms with Crippen LogP contribution in [0.2, 0.25) is 0 Å². The van der Waals surface area contributed by atoms with Crippen LogP contribution in [0.1, 0.15) is 29.3 Å². The molecule has 26 heavy (non-hydrogen) atoms. The smallest absolute Gasteiger partial charge is 0.329 e. The predicted octanol–water partition coefficient (Wildman–Crippen LogP) is 1.57. The summed E-state index contributed by atoms with van der Waals surface area (Å²) in [5, 5.41) is 0. The summed E-state index contributed by atoms with van der Waals surface area (Å²) in [6.45, 7) is 2.82. The number of likely N-dealkylation sites (N-methyl/N-ethyl adjacent to an activating group) is 1. The molecule has 1 aromatic heterocycles. The minimum Gasteiger partial charge on any atom is -0.384 e. The number of aromatic amines is 1. The summed E-state index contributed by atoms with van der Waals surface area (Å²) in [6.07, 6.45) is 2.68.